The summed E-state index contributed by atoms with van der Waals surface area (Å²) in [6, 6.07) is 0.224. The molecule has 94 valence electrons. The Labute approximate surface area is 104 Å². The highest BCUT2D eigenvalue weighted by Crippen LogP contribution is 2.17. The van der Waals surface area contributed by atoms with E-state index in [0.717, 1.165) is 31.3 Å². The van der Waals surface area contributed by atoms with Crippen LogP contribution in [0.1, 0.15) is 6.92 Å². The second kappa shape index (κ2) is 6.05. The molecule has 0 spiro atoms. The zero-order chi connectivity index (χ0) is 12.2. The Morgan fingerprint density at radius 1 is 1.38 bits per heavy atom. The highest BCUT2D eigenvalue weighted by molar-refractivity contribution is 6.69. The molecule has 5 heteroatoms. The normalized spacial score (nSPS) is 21.9. The van der Waals surface area contributed by atoms with Gasteiger partial charge in [-0.1, -0.05) is 11.6 Å². The SMILES string of the molecule is CC(/C(Cl)=C/O[Si](C)(C)C)N1CCOCC1. The van der Waals surface area contributed by atoms with Gasteiger partial charge in [-0.05, 0) is 26.6 Å². The van der Waals surface area contributed by atoms with Crippen molar-refractivity contribution in [1.29, 1.82) is 0 Å². The monoisotopic (exact) mass is 263 g/mol. The van der Waals surface area contributed by atoms with Gasteiger partial charge >= 0.3 is 0 Å². The highest BCUT2D eigenvalue weighted by atomic mass is 35.5. The van der Waals surface area contributed by atoms with Crippen molar-refractivity contribution in [2.75, 3.05) is 26.3 Å². The topological polar surface area (TPSA) is 21.7 Å². The van der Waals surface area contributed by atoms with Gasteiger partial charge in [0.25, 0.3) is 0 Å². The first-order chi connectivity index (χ1) is 7.40. The van der Waals surface area contributed by atoms with Crippen molar-refractivity contribution in [1.82, 2.24) is 4.90 Å². The van der Waals surface area contributed by atoms with Crippen LogP contribution in [0.25, 0.3) is 0 Å². The summed E-state index contributed by atoms with van der Waals surface area (Å²) in [5.41, 5.74) is 0. The first kappa shape index (κ1) is 14.0. The van der Waals surface area contributed by atoms with Crippen molar-refractivity contribution >= 4 is 19.9 Å². The molecule has 0 saturated carbocycles. The molecular weight excluding hydrogens is 242 g/mol. The van der Waals surface area contributed by atoms with Gasteiger partial charge in [-0.2, -0.15) is 0 Å². The van der Waals surface area contributed by atoms with Gasteiger partial charge < -0.3 is 9.16 Å². The summed E-state index contributed by atoms with van der Waals surface area (Å²) in [5.74, 6) is 0. The van der Waals surface area contributed by atoms with Crippen LogP contribution < -0.4 is 0 Å². The lowest BCUT2D eigenvalue weighted by Crippen LogP contribution is -2.42. The number of hydrogen-bond acceptors (Lipinski definition) is 3. The van der Waals surface area contributed by atoms with E-state index < -0.39 is 8.32 Å². The molecule has 0 radical (unpaired) electrons. The third-order valence-electron chi connectivity index (χ3n) is 2.52. The maximum Gasteiger partial charge on any atom is 0.241 e. The summed E-state index contributed by atoms with van der Waals surface area (Å²) >= 11 is 6.25. The average Bonchev–Trinajstić information content (AvgIpc) is 2.25. The number of hydrogen-bond donors (Lipinski definition) is 0. The van der Waals surface area contributed by atoms with Gasteiger partial charge in [-0.25, -0.2) is 0 Å². The third-order valence-corrected chi connectivity index (χ3v) is 3.75. The van der Waals surface area contributed by atoms with Gasteiger partial charge in [0.2, 0.25) is 8.32 Å². The minimum atomic E-state index is -1.52. The smallest absolute Gasteiger partial charge is 0.241 e. The molecule has 0 N–H and O–H groups in total. The molecule has 0 aromatic heterocycles. The lowest BCUT2D eigenvalue weighted by Gasteiger charge is -2.32. The second-order valence-electron chi connectivity index (χ2n) is 5.06. The van der Waals surface area contributed by atoms with Crippen LogP contribution in [0.4, 0.5) is 0 Å². The van der Waals surface area contributed by atoms with Crippen molar-refractivity contribution in [2.24, 2.45) is 0 Å². The van der Waals surface area contributed by atoms with Gasteiger partial charge in [0.1, 0.15) is 0 Å². The Morgan fingerprint density at radius 3 is 2.44 bits per heavy atom. The predicted molar refractivity (Wildman–Crippen MR) is 70.2 cm³/mol. The summed E-state index contributed by atoms with van der Waals surface area (Å²) in [6.07, 6.45) is 1.73. The zero-order valence-corrected chi connectivity index (χ0v) is 12.4. The van der Waals surface area contributed by atoms with E-state index in [9.17, 15) is 0 Å². The number of halogens is 1. The van der Waals surface area contributed by atoms with Crippen LogP contribution in [-0.4, -0.2) is 45.6 Å². The molecule has 0 aromatic carbocycles. The van der Waals surface area contributed by atoms with Gasteiger partial charge in [0, 0.05) is 19.1 Å². The molecule has 0 amide bonds. The van der Waals surface area contributed by atoms with Crippen molar-refractivity contribution in [3.05, 3.63) is 11.3 Å². The number of ether oxygens (including phenoxy) is 1. The van der Waals surface area contributed by atoms with Gasteiger partial charge in [-0.15, -0.1) is 0 Å². The van der Waals surface area contributed by atoms with Crippen molar-refractivity contribution in [3.63, 3.8) is 0 Å². The third kappa shape index (κ3) is 4.87. The molecule has 3 nitrogen and oxygen atoms in total. The lowest BCUT2D eigenvalue weighted by molar-refractivity contribution is 0.0277. The van der Waals surface area contributed by atoms with Crippen molar-refractivity contribution in [3.8, 4) is 0 Å². The fourth-order valence-corrected chi connectivity index (χ4v) is 2.21. The molecule has 1 saturated heterocycles. The lowest BCUT2D eigenvalue weighted by atomic mass is 10.2. The number of nitrogens with zero attached hydrogens (tertiary/aromatic N) is 1. The Morgan fingerprint density at radius 2 is 1.94 bits per heavy atom. The highest BCUT2D eigenvalue weighted by Gasteiger charge is 2.21. The fourth-order valence-electron chi connectivity index (χ4n) is 1.47. The predicted octanol–water partition coefficient (Wildman–Crippen LogP) is 2.64. The molecule has 1 aliphatic heterocycles. The van der Waals surface area contributed by atoms with E-state index in [1.165, 1.54) is 0 Å². The maximum absolute atomic E-state index is 6.25. The van der Waals surface area contributed by atoms with E-state index in [4.69, 9.17) is 20.8 Å². The number of rotatable bonds is 4. The molecule has 1 aliphatic rings. The standard InChI is InChI=1S/C11H22ClNO2Si/c1-10(13-5-7-14-8-6-13)11(12)9-15-16(2,3)4/h9-10H,5-8H2,1-4H3/b11-9-. The van der Waals surface area contributed by atoms with Gasteiger partial charge in [0.15, 0.2) is 0 Å². The molecule has 1 fully saturated rings. The summed E-state index contributed by atoms with van der Waals surface area (Å²) in [7, 11) is -1.52. The van der Waals surface area contributed by atoms with Crippen LogP contribution in [0.3, 0.4) is 0 Å². The Hall–Kier alpha value is -0.0331. The Bertz CT molecular complexity index is 247. The van der Waals surface area contributed by atoms with Crippen molar-refractivity contribution < 1.29 is 9.16 Å². The molecular formula is C11H22ClNO2Si. The second-order valence-corrected chi connectivity index (χ2v) is 9.95. The van der Waals surface area contributed by atoms with Gasteiger partial charge in [0.05, 0.1) is 24.5 Å². The Kier molecular flexibility index (Phi) is 5.31. The molecule has 16 heavy (non-hydrogen) atoms. The van der Waals surface area contributed by atoms with Crippen LogP contribution in [0.5, 0.6) is 0 Å². The minimum Gasteiger partial charge on any atom is -0.549 e. The van der Waals surface area contributed by atoms with E-state index >= 15 is 0 Å². The summed E-state index contributed by atoms with van der Waals surface area (Å²) in [5, 5.41) is 0.782. The maximum atomic E-state index is 6.25. The summed E-state index contributed by atoms with van der Waals surface area (Å²) < 4.78 is 11.0. The van der Waals surface area contributed by atoms with E-state index in [1.54, 1.807) is 6.26 Å². The zero-order valence-electron chi connectivity index (χ0n) is 10.6. The van der Waals surface area contributed by atoms with Crippen LogP contribution in [0, 0.1) is 0 Å². The molecule has 1 heterocycles. The van der Waals surface area contributed by atoms with Crippen LogP contribution >= 0.6 is 11.6 Å². The van der Waals surface area contributed by atoms with E-state index in [1.807, 2.05) is 0 Å². The van der Waals surface area contributed by atoms with Gasteiger partial charge in [-0.3, -0.25) is 4.90 Å². The average molecular weight is 264 g/mol. The first-order valence-electron chi connectivity index (χ1n) is 5.75. The van der Waals surface area contributed by atoms with Crippen LogP contribution in [0.15, 0.2) is 11.3 Å². The summed E-state index contributed by atoms with van der Waals surface area (Å²) in [6.45, 7) is 12.0. The number of morpholine rings is 1. The van der Waals surface area contributed by atoms with Crippen LogP contribution in [0.2, 0.25) is 19.6 Å². The molecule has 1 atom stereocenters. The molecule has 1 unspecified atom stereocenters. The quantitative estimate of drug-likeness (QED) is 0.575. The van der Waals surface area contributed by atoms with E-state index in [-0.39, 0.29) is 6.04 Å². The van der Waals surface area contributed by atoms with E-state index in [0.29, 0.717) is 0 Å². The van der Waals surface area contributed by atoms with Crippen molar-refractivity contribution in [2.45, 2.75) is 32.6 Å². The fraction of sp³-hybridized carbons (Fsp3) is 0.818. The summed E-state index contributed by atoms with van der Waals surface area (Å²) in [4.78, 5) is 2.32. The molecule has 0 aliphatic carbocycles. The Balaban J connectivity index is 2.48. The van der Waals surface area contributed by atoms with E-state index in [2.05, 4.69) is 31.5 Å². The molecule has 0 aromatic rings. The minimum absolute atomic E-state index is 0.224. The molecule has 1 rings (SSSR count). The first-order valence-corrected chi connectivity index (χ1v) is 9.54. The largest absolute Gasteiger partial charge is 0.549 e. The van der Waals surface area contributed by atoms with Crippen LogP contribution in [-0.2, 0) is 9.16 Å². The molecule has 0 bridgehead atoms.